The minimum atomic E-state index is 0.736. The number of benzene rings is 1. The zero-order valence-electron chi connectivity index (χ0n) is 14.5. The van der Waals surface area contributed by atoms with Gasteiger partial charge in [-0.05, 0) is 31.0 Å². The number of aromatic nitrogens is 5. The predicted octanol–water partition coefficient (Wildman–Crippen LogP) is 2.00. The Hall–Kier alpha value is -2.96. The summed E-state index contributed by atoms with van der Waals surface area (Å²) in [6.07, 6.45) is 4.73. The van der Waals surface area contributed by atoms with Crippen LogP contribution in [-0.4, -0.2) is 50.9 Å². The van der Waals surface area contributed by atoms with E-state index in [-0.39, 0.29) is 0 Å². The van der Waals surface area contributed by atoms with Gasteiger partial charge in [0.2, 0.25) is 0 Å². The van der Waals surface area contributed by atoms with E-state index in [0.717, 1.165) is 37.8 Å². The Labute approximate surface area is 147 Å². The van der Waals surface area contributed by atoms with E-state index >= 15 is 0 Å². The van der Waals surface area contributed by atoms with Gasteiger partial charge in [-0.25, -0.2) is 19.6 Å². The molecule has 0 aliphatic carbocycles. The van der Waals surface area contributed by atoms with Crippen LogP contribution in [0.1, 0.15) is 11.1 Å². The van der Waals surface area contributed by atoms with Crippen molar-refractivity contribution < 1.29 is 0 Å². The van der Waals surface area contributed by atoms with Gasteiger partial charge in [0, 0.05) is 37.9 Å². The second-order valence-corrected chi connectivity index (χ2v) is 6.27. The van der Waals surface area contributed by atoms with Gasteiger partial charge in [-0.2, -0.15) is 5.10 Å². The lowest BCUT2D eigenvalue weighted by Gasteiger charge is -2.37. The third-order valence-corrected chi connectivity index (χ3v) is 4.81. The van der Waals surface area contributed by atoms with Crippen molar-refractivity contribution in [1.29, 1.82) is 0 Å². The quantitative estimate of drug-likeness (QED) is 0.729. The Bertz CT molecular complexity index is 852. The predicted molar refractivity (Wildman–Crippen MR) is 97.3 cm³/mol. The molecule has 0 radical (unpaired) electrons. The fourth-order valence-electron chi connectivity index (χ4n) is 3.22. The molecule has 4 rings (SSSR count). The van der Waals surface area contributed by atoms with E-state index in [1.807, 2.05) is 6.07 Å². The summed E-state index contributed by atoms with van der Waals surface area (Å²) < 4.78 is 1.65. The molecule has 0 amide bonds. The molecular formula is C18H21N7. The maximum Gasteiger partial charge on any atom is 0.160 e. The van der Waals surface area contributed by atoms with Crippen LogP contribution in [0.4, 0.5) is 11.5 Å². The monoisotopic (exact) mass is 335 g/mol. The van der Waals surface area contributed by atoms with Crippen molar-refractivity contribution in [2.75, 3.05) is 36.0 Å². The lowest BCUT2D eigenvalue weighted by atomic mass is 10.1. The zero-order valence-corrected chi connectivity index (χ0v) is 14.5. The molecule has 0 unspecified atom stereocenters. The molecule has 0 saturated carbocycles. The highest BCUT2D eigenvalue weighted by Gasteiger charge is 2.20. The van der Waals surface area contributed by atoms with Gasteiger partial charge in [0.15, 0.2) is 5.82 Å². The Balaban J connectivity index is 1.49. The minimum absolute atomic E-state index is 0.736. The maximum absolute atomic E-state index is 4.44. The summed E-state index contributed by atoms with van der Waals surface area (Å²) >= 11 is 0. The normalized spacial score (nSPS) is 14.8. The average Bonchev–Trinajstić information content (AvgIpc) is 3.19. The molecule has 128 valence electrons. The number of aryl methyl sites for hydroxylation is 1. The van der Waals surface area contributed by atoms with Gasteiger partial charge in [0.1, 0.15) is 24.8 Å². The molecule has 0 N–H and O–H groups in total. The number of hydrogen-bond donors (Lipinski definition) is 0. The van der Waals surface area contributed by atoms with Gasteiger partial charge < -0.3 is 9.80 Å². The first-order valence-corrected chi connectivity index (χ1v) is 8.45. The first-order chi connectivity index (χ1) is 12.2. The number of rotatable bonds is 3. The summed E-state index contributed by atoms with van der Waals surface area (Å²) in [7, 11) is 0. The van der Waals surface area contributed by atoms with Crippen LogP contribution in [0.2, 0.25) is 0 Å². The SMILES string of the molecule is Cc1cccc(N2CCN(c3cc(-n4cncn4)ncn3)CC2)c1C. The zero-order chi connectivity index (χ0) is 17.2. The van der Waals surface area contributed by atoms with E-state index in [2.05, 4.69) is 61.9 Å². The standard InChI is InChI=1S/C18H21N7/c1-14-4-3-5-16(15(14)2)23-6-8-24(9-7-23)17-10-18(21-12-20-17)25-13-19-11-22-25/h3-5,10-13H,6-9H2,1-2H3. The third-order valence-electron chi connectivity index (χ3n) is 4.81. The van der Waals surface area contributed by atoms with Crippen molar-refractivity contribution in [3.05, 3.63) is 54.4 Å². The third kappa shape index (κ3) is 3.05. The second kappa shape index (κ2) is 6.51. The molecule has 1 aliphatic heterocycles. The van der Waals surface area contributed by atoms with Crippen molar-refractivity contribution in [3.8, 4) is 5.82 Å². The fraction of sp³-hybridized carbons (Fsp3) is 0.333. The summed E-state index contributed by atoms with van der Waals surface area (Å²) in [4.78, 5) is 17.4. The average molecular weight is 335 g/mol. The summed E-state index contributed by atoms with van der Waals surface area (Å²) in [5, 5.41) is 4.13. The van der Waals surface area contributed by atoms with Crippen LogP contribution >= 0.6 is 0 Å². The molecular weight excluding hydrogens is 314 g/mol. The highest BCUT2D eigenvalue weighted by Crippen LogP contribution is 2.25. The van der Waals surface area contributed by atoms with Gasteiger partial charge in [0.25, 0.3) is 0 Å². The highest BCUT2D eigenvalue weighted by atomic mass is 15.4. The van der Waals surface area contributed by atoms with Crippen LogP contribution in [-0.2, 0) is 0 Å². The molecule has 1 saturated heterocycles. The molecule has 0 spiro atoms. The Kier molecular flexibility index (Phi) is 4.05. The molecule has 1 aliphatic rings. The van der Waals surface area contributed by atoms with Crippen LogP contribution in [0.3, 0.4) is 0 Å². The molecule has 7 nitrogen and oxygen atoms in total. The largest absolute Gasteiger partial charge is 0.368 e. The molecule has 3 heterocycles. The van der Waals surface area contributed by atoms with E-state index < -0.39 is 0 Å². The highest BCUT2D eigenvalue weighted by molar-refractivity contribution is 5.57. The first kappa shape index (κ1) is 15.6. The molecule has 1 aromatic carbocycles. The van der Waals surface area contributed by atoms with Crippen molar-refractivity contribution in [2.24, 2.45) is 0 Å². The van der Waals surface area contributed by atoms with Crippen molar-refractivity contribution in [3.63, 3.8) is 0 Å². The van der Waals surface area contributed by atoms with Crippen LogP contribution in [0.15, 0.2) is 43.2 Å². The summed E-state index contributed by atoms with van der Waals surface area (Å²) in [6, 6.07) is 8.48. The van der Waals surface area contributed by atoms with E-state index in [1.54, 1.807) is 17.3 Å². The maximum atomic E-state index is 4.44. The molecule has 2 aromatic heterocycles. The number of hydrogen-bond acceptors (Lipinski definition) is 6. The molecule has 3 aromatic rings. The summed E-state index contributed by atoms with van der Waals surface area (Å²) in [5.41, 5.74) is 4.05. The number of nitrogens with zero attached hydrogens (tertiary/aromatic N) is 7. The number of anilines is 2. The summed E-state index contributed by atoms with van der Waals surface area (Å²) in [6.45, 7) is 8.19. The number of piperazine rings is 1. The van der Waals surface area contributed by atoms with Crippen LogP contribution in [0.5, 0.6) is 0 Å². The fourth-order valence-corrected chi connectivity index (χ4v) is 3.22. The van der Waals surface area contributed by atoms with E-state index in [9.17, 15) is 0 Å². The molecule has 7 heteroatoms. The Morgan fingerprint density at radius 3 is 2.40 bits per heavy atom. The van der Waals surface area contributed by atoms with Crippen molar-refractivity contribution in [2.45, 2.75) is 13.8 Å². The second-order valence-electron chi connectivity index (χ2n) is 6.27. The van der Waals surface area contributed by atoms with E-state index in [1.165, 1.54) is 23.1 Å². The first-order valence-electron chi connectivity index (χ1n) is 8.45. The van der Waals surface area contributed by atoms with Gasteiger partial charge in [-0.1, -0.05) is 12.1 Å². The summed E-state index contributed by atoms with van der Waals surface area (Å²) in [5.74, 6) is 1.67. The van der Waals surface area contributed by atoms with Gasteiger partial charge in [-0.15, -0.1) is 0 Å². The molecule has 0 bridgehead atoms. The molecule has 1 fully saturated rings. The lowest BCUT2D eigenvalue weighted by Crippen LogP contribution is -2.47. The van der Waals surface area contributed by atoms with E-state index in [0.29, 0.717) is 0 Å². The van der Waals surface area contributed by atoms with Gasteiger partial charge in [0.05, 0.1) is 0 Å². The topological polar surface area (TPSA) is 63.0 Å². The minimum Gasteiger partial charge on any atom is -0.368 e. The smallest absolute Gasteiger partial charge is 0.160 e. The van der Waals surface area contributed by atoms with E-state index in [4.69, 9.17) is 0 Å². The van der Waals surface area contributed by atoms with Crippen LogP contribution < -0.4 is 9.80 Å². The Morgan fingerprint density at radius 2 is 1.64 bits per heavy atom. The molecule has 0 atom stereocenters. The molecule has 25 heavy (non-hydrogen) atoms. The Morgan fingerprint density at radius 1 is 0.880 bits per heavy atom. The lowest BCUT2D eigenvalue weighted by molar-refractivity contribution is 0.644. The van der Waals surface area contributed by atoms with Gasteiger partial charge >= 0.3 is 0 Å². The van der Waals surface area contributed by atoms with Crippen LogP contribution in [0, 0.1) is 13.8 Å². The van der Waals surface area contributed by atoms with Crippen LogP contribution in [0.25, 0.3) is 5.82 Å². The van der Waals surface area contributed by atoms with Gasteiger partial charge in [-0.3, -0.25) is 0 Å². The van der Waals surface area contributed by atoms with Crippen molar-refractivity contribution in [1.82, 2.24) is 24.7 Å². The van der Waals surface area contributed by atoms with Crippen molar-refractivity contribution >= 4 is 11.5 Å².